The first kappa shape index (κ1) is 25.1. The number of hydrogen-bond donors (Lipinski definition) is 1. The summed E-state index contributed by atoms with van der Waals surface area (Å²) in [5.41, 5.74) is 5.08. The van der Waals surface area contributed by atoms with Crippen LogP contribution < -0.4 is 19.6 Å². The number of esters is 1. The molecule has 0 saturated carbocycles. The van der Waals surface area contributed by atoms with Crippen LogP contribution in [0.1, 0.15) is 27.0 Å². The quantitative estimate of drug-likeness (QED) is 0.194. The molecule has 0 heterocycles. The van der Waals surface area contributed by atoms with Crippen LogP contribution in [0.15, 0.2) is 59.7 Å². The number of benzene rings is 3. The van der Waals surface area contributed by atoms with Gasteiger partial charge in [0.25, 0.3) is 5.91 Å². The third kappa shape index (κ3) is 6.50. The summed E-state index contributed by atoms with van der Waals surface area (Å²) in [4.78, 5) is 24.5. The summed E-state index contributed by atoms with van der Waals surface area (Å²) in [6, 6.07) is 15.0. The van der Waals surface area contributed by atoms with Crippen LogP contribution in [0.25, 0.3) is 0 Å². The summed E-state index contributed by atoms with van der Waals surface area (Å²) in [5.74, 6) is 0.110. The number of methoxy groups -OCH3 is 1. The summed E-state index contributed by atoms with van der Waals surface area (Å²) < 4.78 is 16.3. The molecular weight excluding hydrogens is 479 g/mol. The van der Waals surface area contributed by atoms with Crippen molar-refractivity contribution >= 4 is 41.3 Å². The predicted molar refractivity (Wildman–Crippen MR) is 132 cm³/mol. The molecule has 0 saturated heterocycles. The van der Waals surface area contributed by atoms with Gasteiger partial charge >= 0.3 is 5.97 Å². The second-order valence-corrected chi connectivity index (χ2v) is 8.07. The van der Waals surface area contributed by atoms with Crippen molar-refractivity contribution in [2.75, 3.05) is 13.7 Å². The Morgan fingerprint density at radius 2 is 1.74 bits per heavy atom. The topological polar surface area (TPSA) is 86.2 Å². The van der Waals surface area contributed by atoms with Crippen LogP contribution in [0, 0.1) is 13.8 Å². The number of halogens is 2. The lowest BCUT2D eigenvalue weighted by atomic mass is 10.1. The molecule has 34 heavy (non-hydrogen) atoms. The van der Waals surface area contributed by atoms with E-state index in [1.165, 1.54) is 25.5 Å². The number of hydrogen-bond acceptors (Lipinski definition) is 6. The van der Waals surface area contributed by atoms with Gasteiger partial charge in [-0.15, -0.1) is 0 Å². The van der Waals surface area contributed by atoms with Gasteiger partial charge in [-0.1, -0.05) is 41.4 Å². The van der Waals surface area contributed by atoms with E-state index < -0.39 is 11.9 Å². The lowest BCUT2D eigenvalue weighted by Crippen LogP contribution is -2.25. The van der Waals surface area contributed by atoms with E-state index >= 15 is 0 Å². The maximum atomic E-state index is 12.5. The lowest BCUT2D eigenvalue weighted by Gasteiger charge is -2.11. The first-order valence-corrected chi connectivity index (χ1v) is 10.9. The second kappa shape index (κ2) is 11.5. The minimum absolute atomic E-state index is 0.171. The number of aryl methyl sites for hydroxylation is 2. The highest BCUT2D eigenvalue weighted by Gasteiger charge is 2.16. The molecule has 0 atom stereocenters. The Bertz CT molecular complexity index is 1220. The van der Waals surface area contributed by atoms with E-state index in [2.05, 4.69) is 10.5 Å². The van der Waals surface area contributed by atoms with Gasteiger partial charge in [-0.05, 0) is 66.9 Å². The molecule has 176 valence electrons. The predicted octanol–water partition coefficient (Wildman–Crippen LogP) is 5.37. The van der Waals surface area contributed by atoms with Crippen LogP contribution in [0.2, 0.25) is 10.0 Å². The van der Waals surface area contributed by atoms with Crippen LogP contribution in [-0.4, -0.2) is 31.8 Å². The molecule has 0 aliphatic carbocycles. The van der Waals surface area contributed by atoms with Crippen molar-refractivity contribution in [3.63, 3.8) is 0 Å². The van der Waals surface area contributed by atoms with Gasteiger partial charge in [0.1, 0.15) is 5.75 Å². The molecule has 7 nitrogen and oxygen atoms in total. The van der Waals surface area contributed by atoms with E-state index in [1.54, 1.807) is 24.3 Å². The molecule has 0 aliphatic rings. The molecule has 9 heteroatoms. The molecule has 1 N–H and O–H groups in total. The van der Waals surface area contributed by atoms with Gasteiger partial charge in [0.15, 0.2) is 18.1 Å². The van der Waals surface area contributed by atoms with Crippen LogP contribution in [0.4, 0.5) is 0 Å². The average molecular weight is 501 g/mol. The highest BCUT2D eigenvalue weighted by Crippen LogP contribution is 2.30. The van der Waals surface area contributed by atoms with Gasteiger partial charge in [0.05, 0.1) is 23.9 Å². The van der Waals surface area contributed by atoms with E-state index in [-0.39, 0.29) is 22.9 Å². The van der Waals surface area contributed by atoms with Crippen LogP contribution in [0.5, 0.6) is 17.2 Å². The summed E-state index contributed by atoms with van der Waals surface area (Å²) in [5, 5.41) is 4.52. The van der Waals surface area contributed by atoms with Crippen LogP contribution >= 0.6 is 23.2 Å². The molecule has 3 rings (SSSR count). The maximum absolute atomic E-state index is 12.5. The standard InChI is InChI=1S/C25H22Cl2N2O5/c1-15-5-4-6-16(2)24(15)33-14-23(30)29-28-13-17-7-10-21(22(11-17)32-3)34-25(31)19-9-8-18(26)12-20(19)27/h4-13H,14H2,1-3H3,(H,29,30)/b28-13-. The number of hydrazone groups is 1. The normalized spacial score (nSPS) is 10.7. The number of rotatable bonds is 8. The molecule has 3 aromatic rings. The SMILES string of the molecule is COc1cc(/C=N\NC(=O)COc2c(C)cccc2C)ccc1OC(=O)c1ccc(Cl)cc1Cl. The zero-order chi connectivity index (χ0) is 24.7. The van der Waals surface area contributed by atoms with Crippen LogP contribution in [0.3, 0.4) is 0 Å². The van der Waals surface area contributed by atoms with Crippen molar-refractivity contribution in [2.45, 2.75) is 13.8 Å². The summed E-state index contributed by atoms with van der Waals surface area (Å²) in [6.07, 6.45) is 1.43. The molecular formula is C25H22Cl2N2O5. The number of para-hydroxylation sites is 1. The third-order valence-electron chi connectivity index (χ3n) is 4.70. The molecule has 1 amide bonds. The lowest BCUT2D eigenvalue weighted by molar-refractivity contribution is -0.123. The summed E-state index contributed by atoms with van der Waals surface area (Å²) in [7, 11) is 1.44. The third-order valence-corrected chi connectivity index (χ3v) is 5.25. The van der Waals surface area contributed by atoms with Crippen molar-refractivity contribution in [3.05, 3.63) is 86.9 Å². The van der Waals surface area contributed by atoms with Gasteiger partial charge in [-0.2, -0.15) is 5.10 Å². The fourth-order valence-corrected chi connectivity index (χ4v) is 3.52. The molecule has 0 fully saturated rings. The van der Waals surface area contributed by atoms with Gasteiger partial charge < -0.3 is 14.2 Å². The number of carbonyl (C=O) groups excluding carboxylic acids is 2. The van der Waals surface area contributed by atoms with Crippen molar-refractivity contribution in [1.82, 2.24) is 5.43 Å². The average Bonchev–Trinajstić information content (AvgIpc) is 2.79. The summed E-state index contributed by atoms with van der Waals surface area (Å²) >= 11 is 11.9. The monoisotopic (exact) mass is 500 g/mol. The Labute approximate surface area is 207 Å². The molecule has 0 aliphatic heterocycles. The number of nitrogens with zero attached hydrogens (tertiary/aromatic N) is 1. The smallest absolute Gasteiger partial charge is 0.345 e. The first-order chi connectivity index (χ1) is 16.3. The largest absolute Gasteiger partial charge is 0.493 e. The number of ether oxygens (including phenoxy) is 3. The van der Waals surface area contributed by atoms with E-state index in [0.29, 0.717) is 22.1 Å². The Balaban J connectivity index is 1.60. The van der Waals surface area contributed by atoms with Gasteiger partial charge in [-0.25, -0.2) is 10.2 Å². The number of carbonyl (C=O) groups is 2. The molecule has 0 unspecified atom stereocenters. The number of amides is 1. The molecule has 0 bridgehead atoms. The van der Waals surface area contributed by atoms with Crippen molar-refractivity contribution < 1.29 is 23.8 Å². The highest BCUT2D eigenvalue weighted by molar-refractivity contribution is 6.36. The maximum Gasteiger partial charge on any atom is 0.345 e. The molecule has 0 spiro atoms. The van der Waals surface area contributed by atoms with E-state index in [0.717, 1.165) is 11.1 Å². The Kier molecular flexibility index (Phi) is 8.51. The zero-order valence-electron chi connectivity index (χ0n) is 18.7. The fourth-order valence-electron chi connectivity index (χ4n) is 3.03. The van der Waals surface area contributed by atoms with Gasteiger partial charge in [-0.3, -0.25) is 4.79 Å². The molecule has 3 aromatic carbocycles. The Morgan fingerprint density at radius 3 is 2.41 bits per heavy atom. The minimum atomic E-state index is -0.655. The van der Waals surface area contributed by atoms with Crippen molar-refractivity contribution in [3.8, 4) is 17.2 Å². The van der Waals surface area contributed by atoms with E-state index in [4.69, 9.17) is 37.4 Å². The Morgan fingerprint density at radius 1 is 1.00 bits per heavy atom. The van der Waals surface area contributed by atoms with Crippen molar-refractivity contribution in [1.29, 1.82) is 0 Å². The molecule has 0 radical (unpaired) electrons. The highest BCUT2D eigenvalue weighted by atomic mass is 35.5. The van der Waals surface area contributed by atoms with E-state index in [9.17, 15) is 9.59 Å². The van der Waals surface area contributed by atoms with Gasteiger partial charge in [0, 0.05) is 5.02 Å². The van der Waals surface area contributed by atoms with Crippen molar-refractivity contribution in [2.24, 2.45) is 5.10 Å². The van der Waals surface area contributed by atoms with E-state index in [1.807, 2.05) is 32.0 Å². The Hall–Kier alpha value is -3.55. The number of nitrogens with one attached hydrogen (secondary N) is 1. The fraction of sp³-hybridized carbons (Fsp3) is 0.160. The zero-order valence-corrected chi connectivity index (χ0v) is 20.2. The first-order valence-electron chi connectivity index (χ1n) is 10.1. The van der Waals surface area contributed by atoms with Crippen LogP contribution in [-0.2, 0) is 4.79 Å². The second-order valence-electron chi connectivity index (χ2n) is 7.23. The minimum Gasteiger partial charge on any atom is -0.493 e. The molecule has 0 aromatic heterocycles. The van der Waals surface area contributed by atoms with Gasteiger partial charge in [0.2, 0.25) is 0 Å². The summed E-state index contributed by atoms with van der Waals surface area (Å²) in [6.45, 7) is 3.65.